The molecule has 6 rings (SSSR count). The third kappa shape index (κ3) is 5.49. The number of anilines is 2. The van der Waals surface area contributed by atoms with E-state index in [1.54, 1.807) is 0 Å². The van der Waals surface area contributed by atoms with Crippen molar-refractivity contribution in [3.63, 3.8) is 0 Å². The van der Waals surface area contributed by atoms with Crippen LogP contribution in [-0.2, 0) is 17.8 Å². The lowest BCUT2D eigenvalue weighted by Crippen LogP contribution is -2.34. The molecule has 0 atom stereocenters. The molecule has 2 N–H and O–H groups in total. The third-order valence-electron chi connectivity index (χ3n) is 4.27. The van der Waals surface area contributed by atoms with Crippen molar-refractivity contribution in [3.05, 3.63) is 49.1 Å². The van der Waals surface area contributed by atoms with Crippen molar-refractivity contribution in [1.82, 2.24) is 0 Å². The molecule has 6 heterocycles. The summed E-state index contributed by atoms with van der Waals surface area (Å²) in [4.78, 5) is 0. The molecule has 0 saturated carbocycles. The standard InChI is InChI=1S/C19H26N4O/c1-2-10-22-12-4-18(5-13-22)20-8-16-24-17-9-21-19-6-14-23(11-3-1)15-7-19/h4-7,12-15H,1-3,8-11,16-17H2/p+2. The molecule has 24 heavy (non-hydrogen) atoms. The van der Waals surface area contributed by atoms with Crippen molar-refractivity contribution < 1.29 is 13.9 Å². The number of nitrogens with one attached hydrogen (secondary N) is 2. The molecule has 0 fully saturated rings. The molecule has 0 amide bonds. The first-order valence-corrected chi connectivity index (χ1v) is 8.94. The third-order valence-corrected chi connectivity index (χ3v) is 4.27. The predicted molar refractivity (Wildman–Crippen MR) is 94.9 cm³/mol. The topological polar surface area (TPSA) is 41.1 Å². The molecule has 4 aliphatic rings. The molecule has 0 unspecified atom stereocenters. The van der Waals surface area contributed by atoms with Gasteiger partial charge in [-0.15, -0.1) is 0 Å². The molecule has 0 spiro atoms. The van der Waals surface area contributed by atoms with Gasteiger partial charge in [0.05, 0.1) is 13.2 Å². The first-order valence-electron chi connectivity index (χ1n) is 8.94. The summed E-state index contributed by atoms with van der Waals surface area (Å²) in [6.45, 7) is 5.25. The van der Waals surface area contributed by atoms with Gasteiger partial charge in [0.1, 0.15) is 13.1 Å². The van der Waals surface area contributed by atoms with Crippen molar-refractivity contribution in [2.75, 3.05) is 36.9 Å². The lowest BCUT2D eigenvalue weighted by molar-refractivity contribution is -0.701. The van der Waals surface area contributed by atoms with E-state index >= 15 is 0 Å². The van der Waals surface area contributed by atoms with Crippen molar-refractivity contribution >= 4 is 11.4 Å². The van der Waals surface area contributed by atoms with Crippen LogP contribution < -0.4 is 19.8 Å². The maximum Gasteiger partial charge on any atom is 0.170 e. The highest BCUT2D eigenvalue weighted by molar-refractivity contribution is 5.40. The van der Waals surface area contributed by atoms with Crippen molar-refractivity contribution in [2.45, 2.75) is 32.4 Å². The Kier molecular flexibility index (Phi) is 6.42. The second kappa shape index (κ2) is 9.23. The van der Waals surface area contributed by atoms with E-state index in [4.69, 9.17) is 4.74 Å². The molecule has 2 aromatic heterocycles. The van der Waals surface area contributed by atoms with E-state index in [0.717, 1.165) is 37.6 Å². The van der Waals surface area contributed by atoms with Gasteiger partial charge in [-0.05, 0) is 6.42 Å². The van der Waals surface area contributed by atoms with E-state index in [9.17, 15) is 0 Å². The van der Waals surface area contributed by atoms with E-state index < -0.39 is 0 Å². The summed E-state index contributed by atoms with van der Waals surface area (Å²) in [5.74, 6) is 0. The zero-order valence-electron chi connectivity index (χ0n) is 14.3. The quantitative estimate of drug-likeness (QED) is 0.727. The number of aryl methyl sites for hydroxylation is 2. The van der Waals surface area contributed by atoms with Crippen LogP contribution in [0.25, 0.3) is 0 Å². The van der Waals surface area contributed by atoms with Crippen LogP contribution in [0.2, 0.25) is 0 Å². The maximum absolute atomic E-state index is 5.66. The second-order valence-corrected chi connectivity index (χ2v) is 6.18. The van der Waals surface area contributed by atoms with Gasteiger partial charge < -0.3 is 15.4 Å². The lowest BCUT2D eigenvalue weighted by atomic mass is 10.2. The summed E-state index contributed by atoms with van der Waals surface area (Å²) in [5, 5.41) is 6.79. The highest BCUT2D eigenvalue weighted by Gasteiger charge is 2.04. The number of aromatic nitrogens is 2. The minimum absolute atomic E-state index is 0.714. The molecule has 4 bridgehead atoms. The zero-order chi connectivity index (χ0) is 16.5. The van der Waals surface area contributed by atoms with Gasteiger partial charge in [0.25, 0.3) is 0 Å². The molecular weight excluding hydrogens is 300 g/mol. The zero-order valence-corrected chi connectivity index (χ0v) is 14.3. The van der Waals surface area contributed by atoms with Gasteiger partial charge in [0.15, 0.2) is 24.8 Å². The molecular formula is C19H28N4O+2. The number of hydrogen-bond donors (Lipinski definition) is 2. The van der Waals surface area contributed by atoms with E-state index in [2.05, 4.69) is 68.8 Å². The molecule has 0 aliphatic carbocycles. The number of hydrogen-bond acceptors (Lipinski definition) is 3. The number of rotatable bonds is 0. The van der Waals surface area contributed by atoms with Crippen LogP contribution >= 0.6 is 0 Å². The van der Waals surface area contributed by atoms with Gasteiger partial charge in [-0.3, -0.25) is 0 Å². The largest absolute Gasteiger partial charge is 0.382 e. The fourth-order valence-electron chi connectivity index (χ4n) is 2.85. The van der Waals surface area contributed by atoms with Crippen LogP contribution in [0.3, 0.4) is 0 Å². The van der Waals surface area contributed by atoms with Crippen molar-refractivity contribution in [1.29, 1.82) is 0 Å². The molecule has 0 saturated heterocycles. The molecule has 128 valence electrons. The van der Waals surface area contributed by atoms with Gasteiger partial charge in [0.2, 0.25) is 0 Å². The summed E-state index contributed by atoms with van der Waals surface area (Å²) in [5.41, 5.74) is 2.30. The lowest BCUT2D eigenvalue weighted by Gasteiger charge is -2.09. The Morgan fingerprint density at radius 1 is 0.667 bits per heavy atom. The fourth-order valence-corrected chi connectivity index (χ4v) is 2.85. The van der Waals surface area contributed by atoms with Crippen LogP contribution in [0.1, 0.15) is 19.3 Å². The van der Waals surface area contributed by atoms with E-state index in [0.29, 0.717) is 13.2 Å². The minimum Gasteiger partial charge on any atom is -0.382 e. The average molecular weight is 328 g/mol. The summed E-state index contributed by atoms with van der Waals surface area (Å²) in [6.07, 6.45) is 12.3. The summed E-state index contributed by atoms with van der Waals surface area (Å²) in [6, 6.07) is 8.54. The predicted octanol–water partition coefficient (Wildman–Crippen LogP) is 1.99. The van der Waals surface area contributed by atoms with Crippen LogP contribution in [0, 0.1) is 0 Å². The highest BCUT2D eigenvalue weighted by Crippen LogP contribution is 2.04. The minimum atomic E-state index is 0.714. The van der Waals surface area contributed by atoms with E-state index in [-0.39, 0.29) is 0 Å². The van der Waals surface area contributed by atoms with Gasteiger partial charge in [-0.25, -0.2) is 9.13 Å². The van der Waals surface area contributed by atoms with Crippen LogP contribution in [0.4, 0.5) is 11.4 Å². The summed E-state index contributed by atoms with van der Waals surface area (Å²) in [7, 11) is 0. The monoisotopic (exact) mass is 328 g/mol. The van der Waals surface area contributed by atoms with Gasteiger partial charge >= 0.3 is 0 Å². The molecule has 0 radical (unpaired) electrons. The first-order chi connectivity index (χ1) is 11.9. The summed E-state index contributed by atoms with van der Waals surface area (Å²) < 4.78 is 10.2. The Bertz CT molecular complexity index is 544. The fraction of sp³-hybridized carbons (Fsp3) is 0.474. The van der Waals surface area contributed by atoms with E-state index in [1.807, 2.05) is 0 Å². The van der Waals surface area contributed by atoms with Gasteiger partial charge in [0, 0.05) is 61.6 Å². The van der Waals surface area contributed by atoms with Crippen LogP contribution in [0.15, 0.2) is 49.1 Å². The molecule has 5 heteroatoms. The number of ether oxygens (including phenoxy) is 1. The highest BCUT2D eigenvalue weighted by atomic mass is 16.5. The Balaban J connectivity index is 1.56. The molecule has 2 aromatic rings. The Morgan fingerprint density at radius 3 is 1.58 bits per heavy atom. The number of nitrogens with zero attached hydrogens (tertiary/aromatic N) is 2. The number of pyridine rings is 2. The second-order valence-electron chi connectivity index (χ2n) is 6.18. The van der Waals surface area contributed by atoms with Crippen molar-refractivity contribution in [3.8, 4) is 0 Å². The van der Waals surface area contributed by atoms with Crippen LogP contribution in [0.5, 0.6) is 0 Å². The smallest absolute Gasteiger partial charge is 0.170 e. The van der Waals surface area contributed by atoms with Gasteiger partial charge in [-0.1, -0.05) is 0 Å². The Hall–Kier alpha value is -2.14. The molecule has 4 aliphatic heterocycles. The summed E-state index contributed by atoms with van der Waals surface area (Å²) >= 11 is 0. The Morgan fingerprint density at radius 2 is 1.12 bits per heavy atom. The van der Waals surface area contributed by atoms with Crippen LogP contribution in [-0.4, -0.2) is 26.3 Å². The Labute approximate surface area is 144 Å². The molecule has 0 aromatic carbocycles. The average Bonchev–Trinajstić information content (AvgIpc) is 2.62. The maximum atomic E-state index is 5.66. The SMILES string of the molecule is c1c[n+]2ccc1NCCOCCNc1cc[n+](cc1)CCCCC2. The first kappa shape index (κ1) is 16.7. The molecule has 5 nitrogen and oxygen atoms in total. The van der Waals surface area contributed by atoms with Gasteiger partial charge in [-0.2, -0.15) is 0 Å². The normalized spacial score (nSPS) is 17.0. The van der Waals surface area contributed by atoms with Crippen molar-refractivity contribution in [2.24, 2.45) is 0 Å². The van der Waals surface area contributed by atoms with E-state index in [1.165, 1.54) is 19.3 Å².